The van der Waals surface area contributed by atoms with Gasteiger partial charge in [-0.3, -0.25) is 4.99 Å². The number of fused-ring (bicyclic) bond motifs is 1. The van der Waals surface area contributed by atoms with E-state index < -0.39 is 0 Å². The van der Waals surface area contributed by atoms with Crippen molar-refractivity contribution in [2.45, 2.75) is 26.8 Å². The fraction of sp³-hybridized carbons (Fsp3) is 0.474. The predicted octanol–water partition coefficient (Wildman–Crippen LogP) is 3.01. The van der Waals surface area contributed by atoms with Gasteiger partial charge in [-0.2, -0.15) is 0 Å². The summed E-state index contributed by atoms with van der Waals surface area (Å²) < 4.78 is 0. The molecule has 0 saturated carbocycles. The summed E-state index contributed by atoms with van der Waals surface area (Å²) in [4.78, 5) is 11.0. The quantitative estimate of drug-likeness (QED) is 0.632. The van der Waals surface area contributed by atoms with Crippen LogP contribution in [0.25, 0.3) is 10.9 Å². The number of anilines is 1. The molecule has 0 atom stereocenters. The number of nitrogens with one attached hydrogen (secondary N) is 2. The van der Waals surface area contributed by atoms with Crippen LogP contribution in [0, 0.1) is 5.92 Å². The Labute approximate surface area is 145 Å². The first-order valence-corrected chi connectivity index (χ1v) is 8.51. The molecule has 0 radical (unpaired) electrons. The van der Waals surface area contributed by atoms with E-state index in [2.05, 4.69) is 53.7 Å². The fourth-order valence-corrected chi connectivity index (χ4v) is 2.49. The molecule has 5 nitrogen and oxygen atoms in total. The van der Waals surface area contributed by atoms with Crippen molar-refractivity contribution in [1.82, 2.24) is 15.6 Å². The second-order valence-corrected chi connectivity index (χ2v) is 6.59. The second kappa shape index (κ2) is 8.52. The average molecular weight is 327 g/mol. The van der Waals surface area contributed by atoms with Crippen molar-refractivity contribution < 1.29 is 0 Å². The van der Waals surface area contributed by atoms with Crippen molar-refractivity contribution in [2.24, 2.45) is 10.9 Å². The Balaban J connectivity index is 2.13. The fourth-order valence-electron chi connectivity index (χ4n) is 2.49. The molecule has 0 aliphatic heterocycles. The Hall–Kier alpha value is -2.30. The highest BCUT2D eigenvalue weighted by molar-refractivity contribution is 5.85. The summed E-state index contributed by atoms with van der Waals surface area (Å²) in [5.74, 6) is 2.48. The van der Waals surface area contributed by atoms with Gasteiger partial charge in [0.15, 0.2) is 5.96 Å². The average Bonchev–Trinajstić information content (AvgIpc) is 2.57. The lowest BCUT2D eigenvalue weighted by atomic mass is 10.1. The first-order chi connectivity index (χ1) is 11.5. The lowest BCUT2D eigenvalue weighted by molar-refractivity contribution is 0.573. The van der Waals surface area contributed by atoms with Crippen LogP contribution in [0.4, 0.5) is 5.82 Å². The van der Waals surface area contributed by atoms with Gasteiger partial charge in [-0.15, -0.1) is 0 Å². The molecule has 0 spiro atoms. The largest absolute Gasteiger partial charge is 0.363 e. The van der Waals surface area contributed by atoms with E-state index in [-0.39, 0.29) is 0 Å². The maximum absolute atomic E-state index is 4.70. The standard InChI is InChI=1S/C19H29N5/c1-14(2)10-11-21-19(20-3)22-13-15-12-18(24(4)5)23-17-9-7-6-8-16(15)17/h6-9,12,14H,10-11,13H2,1-5H3,(H2,20,21,22). The highest BCUT2D eigenvalue weighted by Crippen LogP contribution is 2.21. The van der Waals surface area contributed by atoms with E-state index in [1.807, 2.05) is 25.1 Å². The van der Waals surface area contributed by atoms with Crippen LogP contribution in [-0.4, -0.2) is 38.6 Å². The van der Waals surface area contributed by atoms with E-state index >= 15 is 0 Å². The number of aromatic nitrogens is 1. The zero-order valence-corrected chi connectivity index (χ0v) is 15.4. The van der Waals surface area contributed by atoms with Crippen molar-refractivity contribution in [3.8, 4) is 0 Å². The third-order valence-electron chi connectivity index (χ3n) is 3.93. The van der Waals surface area contributed by atoms with E-state index in [9.17, 15) is 0 Å². The molecule has 130 valence electrons. The summed E-state index contributed by atoms with van der Waals surface area (Å²) >= 11 is 0. The van der Waals surface area contributed by atoms with Gasteiger partial charge in [-0.25, -0.2) is 4.98 Å². The number of hydrogen-bond acceptors (Lipinski definition) is 3. The van der Waals surface area contributed by atoms with Gasteiger partial charge in [0.2, 0.25) is 0 Å². The Morgan fingerprint density at radius 1 is 1.21 bits per heavy atom. The minimum Gasteiger partial charge on any atom is -0.363 e. The third kappa shape index (κ3) is 4.85. The monoisotopic (exact) mass is 327 g/mol. The number of para-hydroxylation sites is 1. The van der Waals surface area contributed by atoms with Crippen LogP contribution >= 0.6 is 0 Å². The molecule has 5 heteroatoms. The lowest BCUT2D eigenvalue weighted by Crippen LogP contribution is -2.37. The molecule has 0 amide bonds. The van der Waals surface area contributed by atoms with Crippen LogP contribution in [0.5, 0.6) is 0 Å². The van der Waals surface area contributed by atoms with Crippen LogP contribution in [0.3, 0.4) is 0 Å². The molecular formula is C19H29N5. The summed E-state index contributed by atoms with van der Waals surface area (Å²) in [5.41, 5.74) is 2.24. The number of pyridine rings is 1. The number of benzene rings is 1. The molecule has 0 aliphatic carbocycles. The van der Waals surface area contributed by atoms with Gasteiger partial charge in [-0.05, 0) is 30.0 Å². The maximum Gasteiger partial charge on any atom is 0.191 e. The molecule has 0 bridgehead atoms. The SMILES string of the molecule is CN=C(NCCC(C)C)NCc1cc(N(C)C)nc2ccccc12. The zero-order chi connectivity index (χ0) is 17.5. The normalized spacial score (nSPS) is 11.8. The molecule has 1 aromatic heterocycles. The highest BCUT2D eigenvalue weighted by atomic mass is 15.2. The summed E-state index contributed by atoms with van der Waals surface area (Å²) in [6.45, 7) is 6.09. The molecule has 0 aliphatic rings. The van der Waals surface area contributed by atoms with Crippen molar-refractivity contribution in [3.63, 3.8) is 0 Å². The van der Waals surface area contributed by atoms with Crippen LogP contribution in [0.2, 0.25) is 0 Å². The van der Waals surface area contributed by atoms with Crippen molar-refractivity contribution in [2.75, 3.05) is 32.6 Å². The molecular weight excluding hydrogens is 298 g/mol. The molecule has 2 aromatic rings. The first kappa shape index (κ1) is 18.0. The molecule has 0 fully saturated rings. The van der Waals surface area contributed by atoms with Crippen molar-refractivity contribution in [1.29, 1.82) is 0 Å². The topological polar surface area (TPSA) is 52.6 Å². The Bertz CT molecular complexity index is 691. The number of nitrogens with zero attached hydrogens (tertiary/aromatic N) is 3. The van der Waals surface area contributed by atoms with Gasteiger partial charge < -0.3 is 15.5 Å². The molecule has 2 N–H and O–H groups in total. The van der Waals surface area contributed by atoms with Crippen LogP contribution in [0.15, 0.2) is 35.3 Å². The summed E-state index contributed by atoms with van der Waals surface area (Å²) in [6, 6.07) is 10.4. The van der Waals surface area contributed by atoms with Gasteiger partial charge in [-0.1, -0.05) is 32.0 Å². The van der Waals surface area contributed by atoms with Gasteiger partial charge in [0.25, 0.3) is 0 Å². The molecule has 24 heavy (non-hydrogen) atoms. The van der Waals surface area contributed by atoms with E-state index in [1.165, 1.54) is 10.9 Å². The Kier molecular flexibility index (Phi) is 6.41. The van der Waals surface area contributed by atoms with Gasteiger partial charge in [0, 0.05) is 39.6 Å². The van der Waals surface area contributed by atoms with Crippen molar-refractivity contribution >= 4 is 22.7 Å². The van der Waals surface area contributed by atoms with Crippen LogP contribution in [0.1, 0.15) is 25.8 Å². The maximum atomic E-state index is 4.70. The van der Waals surface area contributed by atoms with E-state index in [4.69, 9.17) is 4.98 Å². The third-order valence-corrected chi connectivity index (χ3v) is 3.93. The van der Waals surface area contributed by atoms with E-state index in [1.54, 1.807) is 7.05 Å². The van der Waals surface area contributed by atoms with Crippen LogP contribution in [-0.2, 0) is 6.54 Å². The summed E-state index contributed by atoms with van der Waals surface area (Å²) in [7, 11) is 5.84. The molecule has 1 heterocycles. The van der Waals surface area contributed by atoms with E-state index in [0.29, 0.717) is 12.5 Å². The number of hydrogen-bond donors (Lipinski definition) is 2. The summed E-state index contributed by atoms with van der Waals surface area (Å²) in [5, 5.41) is 7.95. The number of guanidine groups is 1. The lowest BCUT2D eigenvalue weighted by Gasteiger charge is -2.17. The van der Waals surface area contributed by atoms with Gasteiger partial charge in [0.1, 0.15) is 5.82 Å². The smallest absolute Gasteiger partial charge is 0.191 e. The van der Waals surface area contributed by atoms with Gasteiger partial charge in [0.05, 0.1) is 5.52 Å². The molecule has 2 rings (SSSR count). The van der Waals surface area contributed by atoms with Crippen LogP contribution < -0.4 is 15.5 Å². The Morgan fingerprint density at radius 2 is 1.96 bits per heavy atom. The first-order valence-electron chi connectivity index (χ1n) is 8.51. The molecule has 0 saturated heterocycles. The zero-order valence-electron chi connectivity index (χ0n) is 15.4. The number of rotatable bonds is 6. The Morgan fingerprint density at radius 3 is 2.62 bits per heavy atom. The number of aliphatic imine (C=N–C) groups is 1. The highest BCUT2D eigenvalue weighted by Gasteiger charge is 2.08. The molecule has 0 unspecified atom stereocenters. The van der Waals surface area contributed by atoms with Crippen molar-refractivity contribution in [3.05, 3.63) is 35.9 Å². The minimum atomic E-state index is 0.683. The summed E-state index contributed by atoms with van der Waals surface area (Å²) in [6.07, 6.45) is 1.13. The van der Waals surface area contributed by atoms with E-state index in [0.717, 1.165) is 30.3 Å². The minimum absolute atomic E-state index is 0.683. The second-order valence-electron chi connectivity index (χ2n) is 6.59. The predicted molar refractivity (Wildman–Crippen MR) is 104 cm³/mol. The van der Waals surface area contributed by atoms with Gasteiger partial charge >= 0.3 is 0 Å². The molecule has 1 aromatic carbocycles.